The molecule has 7 nitrogen and oxygen atoms in total. The smallest absolute Gasteiger partial charge is 0.330 e. The number of hydrogen-bond donors (Lipinski definition) is 1. The SMILES string of the molecule is Cc1c[nH]c(=O)n1-c1ccc(-c2noc(-c3cccc(Cl)n3)n2)cc1. The molecular formula is C17H12ClN5O2. The second-order valence-corrected chi connectivity index (χ2v) is 5.77. The van der Waals surface area contributed by atoms with Crippen LogP contribution in [0.5, 0.6) is 0 Å². The van der Waals surface area contributed by atoms with E-state index in [-0.39, 0.29) is 5.69 Å². The van der Waals surface area contributed by atoms with E-state index in [1.165, 1.54) is 0 Å². The molecule has 3 heterocycles. The maximum absolute atomic E-state index is 11.8. The van der Waals surface area contributed by atoms with Gasteiger partial charge in [0.2, 0.25) is 5.82 Å². The van der Waals surface area contributed by atoms with Crippen LogP contribution in [-0.4, -0.2) is 24.7 Å². The Hall–Kier alpha value is -3.19. The zero-order chi connectivity index (χ0) is 17.4. The number of halogens is 1. The first kappa shape index (κ1) is 15.3. The van der Waals surface area contributed by atoms with Gasteiger partial charge in [0.15, 0.2) is 0 Å². The molecule has 0 aliphatic rings. The number of rotatable bonds is 3. The van der Waals surface area contributed by atoms with Crippen LogP contribution in [0, 0.1) is 6.92 Å². The fourth-order valence-corrected chi connectivity index (χ4v) is 2.67. The number of nitrogens with one attached hydrogen (secondary N) is 1. The zero-order valence-corrected chi connectivity index (χ0v) is 13.9. The highest BCUT2D eigenvalue weighted by molar-refractivity contribution is 6.29. The lowest BCUT2D eigenvalue weighted by atomic mass is 10.2. The molecule has 4 aromatic rings. The molecular weight excluding hydrogens is 342 g/mol. The minimum absolute atomic E-state index is 0.181. The summed E-state index contributed by atoms with van der Waals surface area (Å²) in [7, 11) is 0. The van der Waals surface area contributed by atoms with Crippen LogP contribution in [0.15, 0.2) is 58.0 Å². The molecule has 0 radical (unpaired) electrons. The van der Waals surface area contributed by atoms with Crippen molar-refractivity contribution in [1.82, 2.24) is 24.7 Å². The Kier molecular flexibility index (Phi) is 3.70. The van der Waals surface area contributed by atoms with Gasteiger partial charge in [-0.3, -0.25) is 4.57 Å². The summed E-state index contributed by atoms with van der Waals surface area (Å²) in [5.74, 6) is 0.723. The van der Waals surface area contributed by atoms with E-state index in [0.717, 1.165) is 16.9 Å². The Labute approximate surface area is 146 Å². The van der Waals surface area contributed by atoms with Gasteiger partial charge in [-0.05, 0) is 43.3 Å². The van der Waals surface area contributed by atoms with Crippen LogP contribution < -0.4 is 5.69 Å². The molecule has 25 heavy (non-hydrogen) atoms. The van der Waals surface area contributed by atoms with E-state index >= 15 is 0 Å². The first-order valence-corrected chi connectivity index (χ1v) is 7.84. The lowest BCUT2D eigenvalue weighted by Gasteiger charge is -2.04. The topological polar surface area (TPSA) is 89.6 Å². The van der Waals surface area contributed by atoms with Crippen LogP contribution in [-0.2, 0) is 0 Å². The molecule has 0 spiro atoms. The molecule has 8 heteroatoms. The molecule has 1 N–H and O–H groups in total. The number of benzene rings is 1. The van der Waals surface area contributed by atoms with Crippen molar-refractivity contribution in [3.63, 3.8) is 0 Å². The summed E-state index contributed by atoms with van der Waals surface area (Å²) in [4.78, 5) is 23.0. The van der Waals surface area contributed by atoms with Gasteiger partial charge < -0.3 is 9.51 Å². The molecule has 124 valence electrons. The van der Waals surface area contributed by atoms with Crippen LogP contribution in [0.25, 0.3) is 28.7 Å². The van der Waals surface area contributed by atoms with E-state index in [2.05, 4.69) is 20.1 Å². The van der Waals surface area contributed by atoms with Crippen molar-refractivity contribution < 1.29 is 4.52 Å². The molecule has 0 atom stereocenters. The third-order valence-corrected chi connectivity index (χ3v) is 3.91. The Morgan fingerprint density at radius 2 is 1.92 bits per heavy atom. The average Bonchev–Trinajstić information content (AvgIpc) is 3.23. The van der Waals surface area contributed by atoms with E-state index in [0.29, 0.717) is 22.6 Å². The maximum Gasteiger partial charge on any atom is 0.330 e. The van der Waals surface area contributed by atoms with Gasteiger partial charge in [0.05, 0.1) is 5.69 Å². The lowest BCUT2D eigenvalue weighted by Crippen LogP contribution is -2.15. The summed E-state index contributed by atoms with van der Waals surface area (Å²) in [6, 6.07) is 12.5. The Morgan fingerprint density at radius 3 is 2.60 bits per heavy atom. The highest BCUT2D eigenvalue weighted by Crippen LogP contribution is 2.23. The number of aromatic nitrogens is 5. The number of hydrogen-bond acceptors (Lipinski definition) is 5. The third kappa shape index (κ3) is 2.85. The predicted molar refractivity (Wildman–Crippen MR) is 92.7 cm³/mol. The highest BCUT2D eigenvalue weighted by Gasteiger charge is 2.12. The molecule has 0 saturated carbocycles. The fraction of sp³-hybridized carbons (Fsp3) is 0.0588. The van der Waals surface area contributed by atoms with E-state index in [9.17, 15) is 4.79 Å². The summed E-state index contributed by atoms with van der Waals surface area (Å²) in [5.41, 5.74) is 2.68. The van der Waals surface area contributed by atoms with Crippen LogP contribution in [0.3, 0.4) is 0 Å². The van der Waals surface area contributed by atoms with Gasteiger partial charge in [0.1, 0.15) is 10.8 Å². The van der Waals surface area contributed by atoms with E-state index in [4.69, 9.17) is 16.1 Å². The molecule has 0 aliphatic heterocycles. The number of imidazole rings is 1. The second-order valence-electron chi connectivity index (χ2n) is 5.39. The van der Waals surface area contributed by atoms with Gasteiger partial charge in [0, 0.05) is 17.5 Å². The van der Waals surface area contributed by atoms with Crippen molar-refractivity contribution in [2.45, 2.75) is 6.92 Å². The van der Waals surface area contributed by atoms with Crippen molar-refractivity contribution in [3.8, 4) is 28.7 Å². The minimum Gasteiger partial charge on any atom is -0.332 e. The monoisotopic (exact) mass is 353 g/mol. The van der Waals surface area contributed by atoms with Crippen LogP contribution >= 0.6 is 11.6 Å². The number of pyridine rings is 1. The van der Waals surface area contributed by atoms with E-state index in [1.54, 1.807) is 29.0 Å². The fourth-order valence-electron chi connectivity index (χ4n) is 2.51. The largest absolute Gasteiger partial charge is 0.332 e. The van der Waals surface area contributed by atoms with E-state index in [1.807, 2.05) is 31.2 Å². The summed E-state index contributed by atoms with van der Waals surface area (Å²) >= 11 is 5.88. The number of H-pyrrole nitrogens is 1. The van der Waals surface area contributed by atoms with Gasteiger partial charge in [0.25, 0.3) is 5.89 Å². The maximum atomic E-state index is 11.8. The van der Waals surface area contributed by atoms with Crippen LogP contribution in [0.4, 0.5) is 0 Å². The molecule has 3 aromatic heterocycles. The van der Waals surface area contributed by atoms with Gasteiger partial charge in [-0.25, -0.2) is 9.78 Å². The number of aryl methyl sites for hydroxylation is 1. The van der Waals surface area contributed by atoms with Crippen LogP contribution in [0.1, 0.15) is 5.69 Å². The zero-order valence-electron chi connectivity index (χ0n) is 13.1. The summed E-state index contributed by atoms with van der Waals surface area (Å²) in [6.07, 6.45) is 1.67. The molecule has 0 aliphatic carbocycles. The molecule has 0 saturated heterocycles. The second kappa shape index (κ2) is 6.03. The van der Waals surface area contributed by atoms with Crippen molar-refractivity contribution in [2.24, 2.45) is 0 Å². The standard InChI is InChI=1S/C17H12ClN5O2/c1-10-9-19-17(24)23(10)12-7-5-11(6-8-12)15-21-16(25-22-15)13-3-2-4-14(18)20-13/h2-9H,1H3,(H,19,24). The van der Waals surface area contributed by atoms with Gasteiger partial charge >= 0.3 is 5.69 Å². The van der Waals surface area contributed by atoms with Crippen LogP contribution in [0.2, 0.25) is 5.15 Å². The summed E-state index contributed by atoms with van der Waals surface area (Å²) < 4.78 is 6.84. The molecule has 4 rings (SSSR count). The molecule has 0 amide bonds. The van der Waals surface area contributed by atoms with Gasteiger partial charge in [-0.1, -0.05) is 22.8 Å². The minimum atomic E-state index is -0.181. The third-order valence-electron chi connectivity index (χ3n) is 3.70. The molecule has 0 unspecified atom stereocenters. The first-order valence-electron chi connectivity index (χ1n) is 7.46. The first-order chi connectivity index (χ1) is 12.1. The average molecular weight is 354 g/mol. The van der Waals surface area contributed by atoms with Crippen molar-refractivity contribution >= 4 is 11.6 Å². The van der Waals surface area contributed by atoms with Gasteiger partial charge in [-0.15, -0.1) is 0 Å². The highest BCUT2D eigenvalue weighted by atomic mass is 35.5. The quantitative estimate of drug-likeness (QED) is 0.571. The Balaban J connectivity index is 1.66. The molecule has 0 fully saturated rings. The lowest BCUT2D eigenvalue weighted by molar-refractivity contribution is 0.431. The normalized spacial score (nSPS) is 11.0. The summed E-state index contributed by atoms with van der Waals surface area (Å²) in [5, 5.41) is 4.33. The number of aromatic amines is 1. The van der Waals surface area contributed by atoms with E-state index < -0.39 is 0 Å². The molecule has 0 bridgehead atoms. The Morgan fingerprint density at radius 1 is 1.12 bits per heavy atom. The summed E-state index contributed by atoms with van der Waals surface area (Å²) in [6.45, 7) is 1.86. The Bertz CT molecular complexity index is 1090. The van der Waals surface area contributed by atoms with Crippen molar-refractivity contribution in [2.75, 3.05) is 0 Å². The number of nitrogens with zero attached hydrogens (tertiary/aromatic N) is 4. The predicted octanol–water partition coefficient (Wildman–Crippen LogP) is 3.24. The van der Waals surface area contributed by atoms with Crippen molar-refractivity contribution in [1.29, 1.82) is 0 Å². The molecule has 1 aromatic carbocycles. The van der Waals surface area contributed by atoms with Gasteiger partial charge in [-0.2, -0.15) is 4.98 Å². The van der Waals surface area contributed by atoms with Crippen molar-refractivity contribution in [3.05, 3.63) is 70.0 Å².